The van der Waals surface area contributed by atoms with Crippen molar-refractivity contribution < 1.29 is 48.1 Å². The number of carbonyl (C=O) groups is 6. The average Bonchev–Trinajstić information content (AvgIpc) is 0.838. The summed E-state index contributed by atoms with van der Waals surface area (Å²) in [7, 11) is 0. The van der Waals surface area contributed by atoms with E-state index in [0.717, 1.165) is 93.2 Å². The number of nitrogens with one attached hydrogen (secondary N) is 2. The van der Waals surface area contributed by atoms with Crippen LogP contribution in [-0.4, -0.2) is 91.3 Å². The number of nitrogens with zero attached hydrogens (tertiary/aromatic N) is 4. The lowest BCUT2D eigenvalue weighted by atomic mass is 9.85. The predicted octanol–water partition coefficient (Wildman–Crippen LogP) is 18.2. The molecule has 0 aliphatic rings. The second kappa shape index (κ2) is 38.4. The maximum absolute atomic E-state index is 13.6. The summed E-state index contributed by atoms with van der Waals surface area (Å²) < 4.78 is 17.3. The molecule has 0 bridgehead atoms. The second-order valence-corrected chi connectivity index (χ2v) is 29.6. The van der Waals surface area contributed by atoms with Crippen LogP contribution in [0.15, 0.2) is 170 Å². The van der Waals surface area contributed by atoms with Crippen molar-refractivity contribution in [1.82, 2.24) is 30.6 Å². The predicted molar refractivity (Wildman–Crippen MR) is 406 cm³/mol. The molecule has 8 aromatic rings. The SMILES string of the molecule is CCCCCCCOc1ccc(-c2cnc(-c3ccc(C[C@H](CC(=O)c4ccc(C(C)(C)C)cc4)C(=O)N[C@H](C)C(=O)O)cc3)nc2)cc1.CCCCCCCOc1ccc(-c2cnc(-c3ccc(C[C@H](CC(=O)c4ccc(C(C)(C)C)cc4)C(=O)N[C@H](C)C(=O)OC(C)(C)C)cc3)nc2)cc1. The maximum atomic E-state index is 13.6. The summed E-state index contributed by atoms with van der Waals surface area (Å²) in [6.07, 6.45) is 19.8. The molecule has 540 valence electrons. The molecule has 16 nitrogen and oxygen atoms in total. The first-order valence-corrected chi connectivity index (χ1v) is 36.2. The topological polar surface area (TPSA) is 226 Å². The van der Waals surface area contributed by atoms with Crippen molar-refractivity contribution in [1.29, 1.82) is 0 Å². The van der Waals surface area contributed by atoms with Gasteiger partial charge in [0.15, 0.2) is 23.2 Å². The Morgan fingerprint density at radius 2 is 0.745 bits per heavy atom. The molecule has 0 radical (unpaired) electrons. The van der Waals surface area contributed by atoms with Crippen LogP contribution in [0.5, 0.6) is 11.5 Å². The van der Waals surface area contributed by atoms with Crippen LogP contribution in [0.3, 0.4) is 0 Å². The Balaban J connectivity index is 0.000000287. The summed E-state index contributed by atoms with van der Waals surface area (Å²) in [6.45, 7) is 26.9. The van der Waals surface area contributed by atoms with E-state index in [1.54, 1.807) is 52.2 Å². The van der Waals surface area contributed by atoms with E-state index in [-0.39, 0.29) is 47.6 Å². The number of hydrogen-bond donors (Lipinski definition) is 3. The van der Waals surface area contributed by atoms with Gasteiger partial charge < -0.3 is 30.0 Å². The van der Waals surface area contributed by atoms with Gasteiger partial charge in [0, 0.05) is 82.8 Å². The number of carbonyl (C=O) groups excluding carboxylic acids is 5. The van der Waals surface area contributed by atoms with Crippen LogP contribution in [0.1, 0.15) is 210 Å². The molecule has 2 heterocycles. The lowest BCUT2D eigenvalue weighted by Gasteiger charge is -2.24. The third kappa shape index (κ3) is 25.7. The highest BCUT2D eigenvalue weighted by molar-refractivity contribution is 6.00. The highest BCUT2D eigenvalue weighted by atomic mass is 16.6. The van der Waals surface area contributed by atoms with Crippen LogP contribution in [0.2, 0.25) is 0 Å². The Bertz CT molecular complexity index is 3950. The lowest BCUT2D eigenvalue weighted by Crippen LogP contribution is -2.45. The molecule has 2 aromatic heterocycles. The Labute approximate surface area is 604 Å². The minimum absolute atomic E-state index is 0.0137. The molecule has 6 aromatic carbocycles. The molecular weight excluding hydrogens is 1280 g/mol. The van der Waals surface area contributed by atoms with E-state index in [1.165, 1.54) is 58.3 Å². The van der Waals surface area contributed by atoms with Gasteiger partial charge in [-0.1, -0.05) is 228 Å². The van der Waals surface area contributed by atoms with Gasteiger partial charge >= 0.3 is 11.9 Å². The third-order valence-electron chi connectivity index (χ3n) is 17.7. The zero-order valence-electron chi connectivity index (χ0n) is 62.2. The molecule has 4 atom stereocenters. The number of carboxylic acid groups (broad SMARTS) is 1. The number of aliphatic carboxylic acids is 1. The van der Waals surface area contributed by atoms with Gasteiger partial charge in [-0.25, -0.2) is 24.7 Å². The van der Waals surface area contributed by atoms with Crippen molar-refractivity contribution in [3.8, 4) is 56.5 Å². The zero-order chi connectivity index (χ0) is 74.0. The number of Topliss-reactive ketones (excluding diaryl/α,β-unsaturated/α-hetero) is 2. The summed E-state index contributed by atoms with van der Waals surface area (Å²) >= 11 is 0. The monoisotopic (exact) mass is 1380 g/mol. The van der Waals surface area contributed by atoms with Gasteiger partial charge in [0.2, 0.25) is 11.8 Å². The van der Waals surface area contributed by atoms with Gasteiger partial charge in [-0.05, 0) is 129 Å². The van der Waals surface area contributed by atoms with E-state index in [2.05, 4.69) is 86.0 Å². The molecule has 3 N–H and O–H groups in total. The highest BCUT2D eigenvalue weighted by Gasteiger charge is 2.30. The number of ether oxygens (including phenoxy) is 3. The van der Waals surface area contributed by atoms with Crippen molar-refractivity contribution in [2.75, 3.05) is 13.2 Å². The smallest absolute Gasteiger partial charge is 0.328 e. The fourth-order valence-corrected chi connectivity index (χ4v) is 11.4. The van der Waals surface area contributed by atoms with Crippen molar-refractivity contribution >= 4 is 35.3 Å². The molecule has 0 aliphatic carbocycles. The number of benzene rings is 6. The number of ketones is 2. The minimum Gasteiger partial charge on any atom is -0.494 e. The first-order valence-electron chi connectivity index (χ1n) is 36.2. The molecule has 0 unspecified atom stereocenters. The van der Waals surface area contributed by atoms with Gasteiger partial charge in [-0.2, -0.15) is 0 Å². The second-order valence-electron chi connectivity index (χ2n) is 29.6. The van der Waals surface area contributed by atoms with E-state index >= 15 is 0 Å². The largest absolute Gasteiger partial charge is 0.494 e. The zero-order valence-corrected chi connectivity index (χ0v) is 62.2. The van der Waals surface area contributed by atoms with Crippen LogP contribution in [0.4, 0.5) is 0 Å². The molecule has 0 saturated heterocycles. The van der Waals surface area contributed by atoms with Crippen LogP contribution in [0.25, 0.3) is 45.0 Å². The quantitative estimate of drug-likeness (QED) is 0.0194. The molecule has 0 aliphatic heterocycles. The molecular formula is C86H106N6O10. The standard InChI is InChI=1S/C45H57N3O5.C41H49N3O5/c1-9-10-11-12-13-26-52-39-24-20-33(21-25-39)37-29-46-41(47-30-37)35-16-14-32(15-17-35)27-36(42(50)48-31(2)43(51)53-45(6,7)8)28-40(49)34-18-22-38(23-19-34)44(3,4)5;1-6-7-8-9-10-23-49-36-21-17-30(18-22-36)34-26-42-38(43-27-34)32-13-11-29(12-14-32)24-33(39(46)44-28(2)40(47)48)25-37(45)31-15-19-35(20-16-31)41(3,4)5/h14-25,29-31,36H,9-13,26-28H2,1-8H3,(H,48,50);11-22,26-28,33H,6-10,23-25H2,1-5H3,(H,44,46)(H,47,48)/t31-,36-;28-,33-/m11/s1. The summed E-state index contributed by atoms with van der Waals surface area (Å²) in [5, 5.41) is 14.7. The number of aromatic nitrogens is 4. The number of amides is 2. The highest BCUT2D eigenvalue weighted by Crippen LogP contribution is 2.30. The normalized spacial score (nSPS) is 12.7. The van der Waals surface area contributed by atoms with Crippen LogP contribution < -0.4 is 20.1 Å². The van der Waals surface area contributed by atoms with Crippen LogP contribution in [-0.2, 0) is 47.6 Å². The van der Waals surface area contributed by atoms with Gasteiger partial charge in [0.25, 0.3) is 0 Å². The van der Waals surface area contributed by atoms with Gasteiger partial charge in [-0.15, -0.1) is 0 Å². The lowest BCUT2D eigenvalue weighted by molar-refractivity contribution is -0.158. The maximum Gasteiger partial charge on any atom is 0.328 e. The molecule has 8 rings (SSSR count). The fourth-order valence-electron chi connectivity index (χ4n) is 11.4. The number of esters is 1. The fraction of sp³-hybridized carbons (Fsp3) is 0.419. The van der Waals surface area contributed by atoms with Crippen LogP contribution in [0, 0.1) is 11.8 Å². The molecule has 0 spiro atoms. The Hall–Kier alpha value is -9.70. The molecule has 0 fully saturated rings. The van der Waals surface area contributed by atoms with Gasteiger partial charge in [0.05, 0.1) is 13.2 Å². The summed E-state index contributed by atoms with van der Waals surface area (Å²) in [5.74, 6) is -1.43. The summed E-state index contributed by atoms with van der Waals surface area (Å²) in [5.41, 5.74) is 9.66. The first kappa shape index (κ1) is 79.6. The van der Waals surface area contributed by atoms with E-state index in [4.69, 9.17) is 14.2 Å². The number of hydrogen-bond acceptors (Lipinski definition) is 13. The van der Waals surface area contributed by atoms with Crippen molar-refractivity contribution in [3.63, 3.8) is 0 Å². The number of carboxylic acids is 1. The minimum atomic E-state index is -1.14. The average molecular weight is 1380 g/mol. The van der Waals surface area contributed by atoms with Crippen molar-refractivity contribution in [2.24, 2.45) is 11.8 Å². The van der Waals surface area contributed by atoms with E-state index in [1.807, 2.05) is 146 Å². The van der Waals surface area contributed by atoms with Gasteiger partial charge in [0.1, 0.15) is 29.2 Å². The van der Waals surface area contributed by atoms with E-state index in [9.17, 15) is 33.9 Å². The van der Waals surface area contributed by atoms with Gasteiger partial charge in [-0.3, -0.25) is 24.0 Å². The molecule has 2 amide bonds. The number of unbranched alkanes of at least 4 members (excludes halogenated alkanes) is 8. The summed E-state index contributed by atoms with van der Waals surface area (Å²) in [6, 6.07) is 44.3. The third-order valence-corrected chi connectivity index (χ3v) is 17.7. The Kier molecular flexibility index (Phi) is 29.9. The Morgan fingerprint density at radius 1 is 0.412 bits per heavy atom. The number of rotatable bonds is 34. The van der Waals surface area contributed by atoms with Crippen LogP contribution >= 0.6 is 0 Å². The van der Waals surface area contributed by atoms with Crippen molar-refractivity contribution in [2.45, 2.75) is 208 Å². The van der Waals surface area contributed by atoms with E-state index in [0.29, 0.717) is 29.2 Å². The summed E-state index contributed by atoms with van der Waals surface area (Å²) in [4.78, 5) is 96.1. The molecule has 102 heavy (non-hydrogen) atoms. The van der Waals surface area contributed by atoms with Crippen molar-refractivity contribution in [3.05, 3.63) is 204 Å². The van der Waals surface area contributed by atoms with E-state index < -0.39 is 47.4 Å². The first-order chi connectivity index (χ1) is 48.6. The Morgan fingerprint density at radius 3 is 1.07 bits per heavy atom. The molecule has 0 saturated carbocycles. The molecule has 16 heteroatoms.